The summed E-state index contributed by atoms with van der Waals surface area (Å²) in [6.45, 7) is 1.25. The predicted molar refractivity (Wildman–Crippen MR) is 47.0 cm³/mol. The van der Waals surface area contributed by atoms with Crippen molar-refractivity contribution in [2.24, 2.45) is 0 Å². The van der Waals surface area contributed by atoms with E-state index in [4.69, 9.17) is 1.41 Å². The molecular formula is C9H14N2O2. The van der Waals surface area contributed by atoms with Crippen molar-refractivity contribution < 1.29 is 11.0 Å². The van der Waals surface area contributed by atoms with Gasteiger partial charge in [-0.1, -0.05) is 0 Å². The molecule has 2 fully saturated rings. The highest BCUT2D eigenvalue weighted by Crippen LogP contribution is 2.19. The van der Waals surface area contributed by atoms with Crippen LogP contribution in [0.15, 0.2) is 0 Å². The Morgan fingerprint density at radius 1 is 1.38 bits per heavy atom. The van der Waals surface area contributed by atoms with E-state index >= 15 is 0 Å². The number of imide groups is 1. The lowest BCUT2D eigenvalue weighted by atomic mass is 10.1. The number of rotatable bonds is 1. The van der Waals surface area contributed by atoms with Crippen LogP contribution in [0.3, 0.4) is 0 Å². The number of nitrogens with zero attached hydrogens (tertiary/aromatic N) is 1. The summed E-state index contributed by atoms with van der Waals surface area (Å²) >= 11 is 0. The summed E-state index contributed by atoms with van der Waals surface area (Å²) in [6.07, 6.45) is 2.46. The zero-order valence-electron chi connectivity index (χ0n) is 8.53. The molecular weight excluding hydrogens is 168 g/mol. The minimum Gasteiger partial charge on any atom is -0.315 e. The van der Waals surface area contributed by atoms with Gasteiger partial charge in [0.15, 0.2) is 0 Å². The van der Waals surface area contributed by atoms with E-state index in [1.807, 2.05) is 0 Å². The number of hydrogen-bond donors (Lipinski definition) is 1. The fourth-order valence-electron chi connectivity index (χ4n) is 1.98. The van der Waals surface area contributed by atoms with Crippen LogP contribution in [0.2, 0.25) is 1.41 Å². The van der Waals surface area contributed by atoms with Crippen LogP contribution in [0, 0.1) is 0 Å². The molecule has 2 aliphatic heterocycles. The summed E-state index contributed by atoms with van der Waals surface area (Å²) < 4.78 is 7.48. The van der Waals surface area contributed by atoms with E-state index in [1.165, 1.54) is 10.2 Å². The van der Waals surface area contributed by atoms with Crippen molar-refractivity contribution in [3.63, 3.8) is 0 Å². The van der Waals surface area contributed by atoms with E-state index in [9.17, 15) is 9.59 Å². The molecule has 1 N–H and O–H groups in total. The lowest BCUT2D eigenvalue weighted by Crippen LogP contribution is -2.48. The van der Waals surface area contributed by atoms with Gasteiger partial charge in [-0.05, 0) is 19.4 Å². The standard InChI is InChI=1S/C9H14N2O2/c12-8-3-4-9(13)11(8)7-2-1-5-10-6-7/h7,10H,1-6H2/t7-/m1/s1/i/hD. The smallest absolute Gasteiger partial charge is 0.229 e. The maximum Gasteiger partial charge on any atom is 0.229 e. The molecule has 1 atom stereocenters. The molecule has 2 aliphatic rings. The molecule has 0 bridgehead atoms. The average molecular weight is 183 g/mol. The monoisotopic (exact) mass is 183 g/mol. The molecule has 2 amide bonds. The highest BCUT2D eigenvalue weighted by atomic mass is 16.2. The summed E-state index contributed by atoms with van der Waals surface area (Å²) in [5, 5.41) is 1.44. The third kappa shape index (κ3) is 1.58. The minimum atomic E-state index is -0.0599. The second-order valence-corrected chi connectivity index (χ2v) is 3.58. The van der Waals surface area contributed by atoms with E-state index in [1.54, 1.807) is 0 Å². The van der Waals surface area contributed by atoms with Gasteiger partial charge in [0.1, 0.15) is 1.41 Å². The van der Waals surface area contributed by atoms with Crippen molar-refractivity contribution in [3.8, 4) is 0 Å². The van der Waals surface area contributed by atoms with Gasteiger partial charge in [-0.3, -0.25) is 14.5 Å². The lowest BCUT2D eigenvalue weighted by Gasteiger charge is -2.29. The molecule has 0 aromatic rings. The van der Waals surface area contributed by atoms with Gasteiger partial charge >= 0.3 is 0 Å². The molecule has 4 nitrogen and oxygen atoms in total. The zero-order valence-corrected chi connectivity index (χ0v) is 7.53. The fraction of sp³-hybridized carbons (Fsp3) is 0.778. The Morgan fingerprint density at radius 2 is 2.08 bits per heavy atom. The van der Waals surface area contributed by atoms with Crippen molar-refractivity contribution in [1.29, 1.82) is 0 Å². The number of hydrogen-bond acceptors (Lipinski definition) is 3. The third-order valence-corrected chi connectivity index (χ3v) is 2.65. The van der Waals surface area contributed by atoms with Crippen LogP contribution in [0.25, 0.3) is 0 Å². The number of piperidine rings is 1. The van der Waals surface area contributed by atoms with Gasteiger partial charge in [-0.25, -0.2) is 0 Å². The Hall–Kier alpha value is -0.900. The molecule has 72 valence electrons. The second-order valence-electron chi connectivity index (χ2n) is 3.58. The summed E-state index contributed by atoms with van der Waals surface area (Å²) in [5.74, 6) is -0.120. The van der Waals surface area contributed by atoms with Gasteiger partial charge in [0, 0.05) is 19.4 Å². The molecule has 4 heteroatoms. The average Bonchev–Trinajstić information content (AvgIpc) is 2.46. The molecule has 0 radical (unpaired) electrons. The van der Waals surface area contributed by atoms with Crippen molar-refractivity contribution in [2.75, 3.05) is 13.1 Å². The van der Waals surface area contributed by atoms with Gasteiger partial charge < -0.3 is 5.31 Å². The molecule has 0 aromatic carbocycles. The SMILES string of the molecule is [2H]N1CCC[C@@H](N2C(=O)CCC2=O)C1. The normalized spacial score (nSPS) is 32.5. The Labute approximate surface area is 78.7 Å². The van der Waals surface area contributed by atoms with Crippen LogP contribution in [-0.2, 0) is 9.59 Å². The first-order chi connectivity index (χ1) is 6.68. The highest BCUT2D eigenvalue weighted by Gasteiger charge is 2.35. The molecule has 2 rings (SSSR count). The van der Waals surface area contributed by atoms with Gasteiger partial charge in [-0.15, -0.1) is 0 Å². The maximum atomic E-state index is 11.4. The van der Waals surface area contributed by atoms with E-state index in [-0.39, 0.29) is 17.9 Å². The Bertz CT molecular complexity index is 254. The molecule has 2 saturated heterocycles. The van der Waals surface area contributed by atoms with Crippen LogP contribution < -0.4 is 5.31 Å². The topological polar surface area (TPSA) is 49.4 Å². The third-order valence-electron chi connectivity index (χ3n) is 2.65. The number of likely N-dealkylation sites (tertiary alicyclic amines) is 1. The second kappa shape index (κ2) is 3.46. The van der Waals surface area contributed by atoms with Crippen LogP contribution in [-0.4, -0.2) is 35.8 Å². The number of carbonyl (C=O) groups excluding carboxylic acids is 2. The lowest BCUT2D eigenvalue weighted by molar-refractivity contribution is -0.141. The minimum absolute atomic E-state index is 0.0521. The van der Waals surface area contributed by atoms with E-state index in [0.29, 0.717) is 19.4 Å². The first-order valence-corrected chi connectivity index (χ1v) is 4.77. The first-order valence-electron chi connectivity index (χ1n) is 5.22. The van der Waals surface area contributed by atoms with E-state index in [0.717, 1.165) is 19.4 Å². The first kappa shape index (κ1) is 7.50. The van der Waals surface area contributed by atoms with E-state index in [2.05, 4.69) is 0 Å². The Balaban J connectivity index is 2.05. The summed E-state index contributed by atoms with van der Waals surface area (Å²) in [7, 11) is 0. The fourth-order valence-corrected chi connectivity index (χ4v) is 1.98. The largest absolute Gasteiger partial charge is 0.315 e. The molecule has 13 heavy (non-hydrogen) atoms. The molecule has 0 aliphatic carbocycles. The number of amides is 2. The Kier molecular flexibility index (Phi) is 1.99. The summed E-state index contributed by atoms with van der Waals surface area (Å²) in [5.41, 5.74) is 0. The number of nitrogens with one attached hydrogen (secondary N) is 1. The zero-order chi connectivity index (χ0) is 10.1. The highest BCUT2D eigenvalue weighted by molar-refractivity contribution is 6.02. The van der Waals surface area contributed by atoms with E-state index < -0.39 is 0 Å². The molecule has 0 unspecified atom stereocenters. The van der Waals surface area contributed by atoms with Crippen molar-refractivity contribution in [2.45, 2.75) is 31.7 Å². The van der Waals surface area contributed by atoms with Crippen molar-refractivity contribution in [1.82, 2.24) is 10.2 Å². The molecule has 0 aromatic heterocycles. The quantitative estimate of drug-likeness (QED) is 0.577. The Morgan fingerprint density at radius 3 is 2.69 bits per heavy atom. The molecule has 0 spiro atoms. The van der Waals surface area contributed by atoms with Crippen LogP contribution in [0.4, 0.5) is 0 Å². The molecule has 2 heterocycles. The van der Waals surface area contributed by atoms with Crippen LogP contribution >= 0.6 is 0 Å². The van der Waals surface area contributed by atoms with Crippen LogP contribution in [0.5, 0.6) is 0 Å². The van der Waals surface area contributed by atoms with Crippen LogP contribution in [0.1, 0.15) is 25.7 Å². The van der Waals surface area contributed by atoms with Gasteiger partial charge in [-0.2, -0.15) is 0 Å². The summed E-state index contributed by atoms with van der Waals surface area (Å²) in [6, 6.07) is -0.0521. The maximum absolute atomic E-state index is 11.4. The molecule has 0 saturated carbocycles. The predicted octanol–water partition coefficient (Wildman–Crippen LogP) is -0.113. The van der Waals surface area contributed by atoms with Gasteiger partial charge in [0.25, 0.3) is 0 Å². The van der Waals surface area contributed by atoms with Crippen molar-refractivity contribution in [3.05, 3.63) is 0 Å². The van der Waals surface area contributed by atoms with Gasteiger partial charge in [0.2, 0.25) is 11.8 Å². The number of carbonyl (C=O) groups is 2. The van der Waals surface area contributed by atoms with Crippen molar-refractivity contribution >= 4 is 11.8 Å². The summed E-state index contributed by atoms with van der Waals surface area (Å²) in [4.78, 5) is 24.2. The van der Waals surface area contributed by atoms with Gasteiger partial charge in [0.05, 0.1) is 6.04 Å².